The van der Waals surface area contributed by atoms with Crippen LogP contribution in [0.4, 0.5) is 0 Å². The number of aliphatic hydroxyl groups excluding tert-OH is 1. The van der Waals surface area contributed by atoms with Crippen molar-refractivity contribution >= 4 is 16.0 Å². The van der Waals surface area contributed by atoms with Gasteiger partial charge in [0.2, 0.25) is 10.0 Å². The molecule has 6 nitrogen and oxygen atoms in total. The summed E-state index contributed by atoms with van der Waals surface area (Å²) in [6.45, 7) is -0.0335. The van der Waals surface area contributed by atoms with Crippen molar-refractivity contribution in [1.29, 1.82) is 0 Å². The molecule has 1 spiro atoms. The third-order valence-corrected chi connectivity index (χ3v) is 5.78. The minimum atomic E-state index is -3.43. The quantitative estimate of drug-likeness (QED) is 0.875. The predicted molar refractivity (Wildman–Crippen MR) is 87.5 cm³/mol. The zero-order valence-electron chi connectivity index (χ0n) is 12.9. The van der Waals surface area contributed by atoms with Crippen molar-refractivity contribution in [2.75, 3.05) is 12.4 Å². The number of hydrogen-bond donors (Lipinski definition) is 2. The van der Waals surface area contributed by atoms with E-state index in [2.05, 4.69) is 9.71 Å². The molecule has 2 fully saturated rings. The summed E-state index contributed by atoms with van der Waals surface area (Å²) in [7, 11) is -3.43. The first-order valence-corrected chi connectivity index (χ1v) is 9.60. The van der Waals surface area contributed by atoms with Crippen LogP contribution >= 0.6 is 0 Å². The van der Waals surface area contributed by atoms with Gasteiger partial charge in [0.05, 0.1) is 6.04 Å². The lowest BCUT2D eigenvalue weighted by Crippen LogP contribution is -2.53. The largest absolute Gasteiger partial charge is 0.457 e. The Labute approximate surface area is 136 Å². The lowest BCUT2D eigenvalue weighted by Gasteiger charge is -2.35. The van der Waals surface area contributed by atoms with Gasteiger partial charge in [0.25, 0.3) is 6.02 Å². The molecule has 0 unspecified atom stereocenters. The van der Waals surface area contributed by atoms with Crippen LogP contribution in [-0.4, -0.2) is 37.5 Å². The van der Waals surface area contributed by atoms with Gasteiger partial charge in [0.15, 0.2) is 0 Å². The molecule has 0 radical (unpaired) electrons. The second-order valence-electron chi connectivity index (χ2n) is 6.23. The van der Waals surface area contributed by atoms with Crippen LogP contribution in [0.3, 0.4) is 0 Å². The zero-order valence-corrected chi connectivity index (χ0v) is 13.8. The van der Waals surface area contributed by atoms with E-state index >= 15 is 0 Å². The highest BCUT2D eigenvalue weighted by atomic mass is 32.2. The number of hydrogen-bond acceptors (Lipinski definition) is 5. The number of nitrogens with one attached hydrogen (secondary N) is 1. The third-order valence-electron chi connectivity index (χ3n) is 4.38. The molecule has 2 aliphatic rings. The SMILES string of the molecule is O=S1(=O)CC2(CCCC2)OC(=N[C@@H](CCO)c2ccccc2)N1. The molecule has 1 aromatic carbocycles. The molecule has 1 aliphatic carbocycles. The first kappa shape index (κ1) is 16.3. The van der Waals surface area contributed by atoms with Gasteiger partial charge in [0, 0.05) is 6.61 Å². The summed E-state index contributed by atoms with van der Waals surface area (Å²) in [6.07, 6.45) is 3.83. The molecule has 1 aliphatic heterocycles. The molecule has 2 N–H and O–H groups in total. The summed E-state index contributed by atoms with van der Waals surface area (Å²) >= 11 is 0. The standard InChI is InChI=1S/C16H22N2O4S/c19-11-8-14(13-6-2-1-3-7-13)17-15-18-23(20,21)12-16(22-15)9-4-5-10-16/h1-3,6-7,14,19H,4-5,8-12H2,(H,17,18)/t14-/m0/s1. The zero-order chi connectivity index (χ0) is 16.3. The lowest BCUT2D eigenvalue weighted by atomic mass is 10.0. The molecular weight excluding hydrogens is 316 g/mol. The molecule has 3 rings (SSSR count). The lowest BCUT2D eigenvalue weighted by molar-refractivity contribution is 0.0744. The Hall–Kier alpha value is -1.60. The first-order valence-electron chi connectivity index (χ1n) is 7.95. The third kappa shape index (κ3) is 3.84. The van der Waals surface area contributed by atoms with Crippen LogP contribution in [0.25, 0.3) is 0 Å². The second kappa shape index (κ2) is 6.49. The van der Waals surface area contributed by atoms with Crippen molar-refractivity contribution < 1.29 is 18.3 Å². The fourth-order valence-corrected chi connectivity index (χ4v) is 4.81. The Morgan fingerprint density at radius 1 is 1.26 bits per heavy atom. The summed E-state index contributed by atoms with van der Waals surface area (Å²) < 4.78 is 32.7. The van der Waals surface area contributed by atoms with Crippen LogP contribution in [0.5, 0.6) is 0 Å². The van der Waals surface area contributed by atoms with Gasteiger partial charge in [-0.3, -0.25) is 0 Å². The average molecular weight is 338 g/mol. The number of rotatable bonds is 4. The Bertz CT molecular complexity index is 667. The van der Waals surface area contributed by atoms with Crippen LogP contribution in [0.2, 0.25) is 0 Å². The highest BCUT2D eigenvalue weighted by Crippen LogP contribution is 2.36. The number of sulfonamides is 1. The van der Waals surface area contributed by atoms with Gasteiger partial charge < -0.3 is 9.84 Å². The van der Waals surface area contributed by atoms with Crippen molar-refractivity contribution in [2.45, 2.75) is 43.7 Å². The summed E-state index contributed by atoms with van der Waals surface area (Å²) in [5.74, 6) is -0.00494. The number of benzene rings is 1. The number of aliphatic imine (C=N–C) groups is 1. The average Bonchev–Trinajstić information content (AvgIpc) is 2.93. The second-order valence-corrected chi connectivity index (χ2v) is 7.95. The van der Waals surface area contributed by atoms with E-state index in [0.717, 1.165) is 31.2 Å². The predicted octanol–water partition coefficient (Wildman–Crippen LogP) is 1.73. The van der Waals surface area contributed by atoms with E-state index < -0.39 is 15.6 Å². The molecule has 0 amide bonds. The highest BCUT2D eigenvalue weighted by molar-refractivity contribution is 7.90. The Morgan fingerprint density at radius 3 is 2.61 bits per heavy atom. The van der Waals surface area contributed by atoms with Gasteiger partial charge in [0.1, 0.15) is 11.4 Å². The van der Waals surface area contributed by atoms with E-state index in [0.29, 0.717) is 6.42 Å². The molecule has 1 saturated carbocycles. The monoisotopic (exact) mass is 338 g/mol. The number of nitrogens with zero attached hydrogens (tertiary/aromatic N) is 1. The van der Waals surface area contributed by atoms with Crippen LogP contribution in [0.1, 0.15) is 43.7 Å². The molecule has 126 valence electrons. The van der Waals surface area contributed by atoms with E-state index in [1.165, 1.54) is 0 Å². The van der Waals surface area contributed by atoms with Crippen molar-refractivity contribution in [3.05, 3.63) is 35.9 Å². The van der Waals surface area contributed by atoms with Crippen LogP contribution in [0, 0.1) is 0 Å². The summed E-state index contributed by atoms with van der Waals surface area (Å²) in [6, 6.07) is 9.23. The van der Waals surface area contributed by atoms with E-state index in [4.69, 9.17) is 4.74 Å². The Morgan fingerprint density at radius 2 is 1.96 bits per heavy atom. The van der Waals surface area contributed by atoms with Gasteiger partial charge in [-0.2, -0.15) is 0 Å². The smallest absolute Gasteiger partial charge is 0.299 e. The maximum absolute atomic E-state index is 12.2. The molecule has 1 saturated heterocycles. The van der Waals surface area contributed by atoms with Crippen LogP contribution in [-0.2, 0) is 14.8 Å². The molecule has 1 aromatic rings. The van der Waals surface area contributed by atoms with Crippen LogP contribution < -0.4 is 4.72 Å². The van der Waals surface area contributed by atoms with E-state index in [1.807, 2.05) is 30.3 Å². The van der Waals surface area contributed by atoms with E-state index in [-0.39, 0.29) is 24.4 Å². The van der Waals surface area contributed by atoms with Gasteiger partial charge >= 0.3 is 0 Å². The molecule has 0 aromatic heterocycles. The minimum absolute atomic E-state index is 0.00494. The molecule has 0 bridgehead atoms. The van der Waals surface area contributed by atoms with Crippen molar-refractivity contribution in [3.8, 4) is 0 Å². The van der Waals surface area contributed by atoms with Gasteiger partial charge in [-0.05, 0) is 37.7 Å². The number of aliphatic hydroxyl groups is 1. The van der Waals surface area contributed by atoms with Gasteiger partial charge in [-0.1, -0.05) is 30.3 Å². The summed E-state index contributed by atoms with van der Waals surface area (Å²) in [5.41, 5.74) is 0.284. The maximum atomic E-state index is 12.2. The molecule has 23 heavy (non-hydrogen) atoms. The normalized spacial score (nSPS) is 25.0. The summed E-state index contributed by atoms with van der Waals surface area (Å²) in [5, 5.41) is 9.29. The topological polar surface area (TPSA) is 88.0 Å². The first-order chi connectivity index (χ1) is 11.0. The summed E-state index contributed by atoms with van der Waals surface area (Å²) in [4.78, 5) is 4.45. The minimum Gasteiger partial charge on any atom is -0.457 e. The number of ether oxygens (including phenoxy) is 1. The highest BCUT2D eigenvalue weighted by Gasteiger charge is 2.45. The van der Waals surface area contributed by atoms with Crippen molar-refractivity contribution in [2.24, 2.45) is 4.99 Å². The van der Waals surface area contributed by atoms with Crippen molar-refractivity contribution in [3.63, 3.8) is 0 Å². The fraction of sp³-hybridized carbons (Fsp3) is 0.562. The molecule has 1 heterocycles. The maximum Gasteiger partial charge on any atom is 0.299 e. The van der Waals surface area contributed by atoms with Gasteiger partial charge in [-0.25, -0.2) is 18.1 Å². The molecule has 1 atom stereocenters. The fourth-order valence-electron chi connectivity index (χ4n) is 3.33. The Kier molecular flexibility index (Phi) is 4.59. The number of amidine groups is 1. The van der Waals surface area contributed by atoms with Crippen LogP contribution in [0.15, 0.2) is 35.3 Å². The Balaban J connectivity index is 1.89. The van der Waals surface area contributed by atoms with E-state index in [9.17, 15) is 13.5 Å². The van der Waals surface area contributed by atoms with E-state index in [1.54, 1.807) is 0 Å². The molecule has 7 heteroatoms. The molecular formula is C16H22N2O4S. The van der Waals surface area contributed by atoms with Crippen molar-refractivity contribution in [1.82, 2.24) is 4.72 Å². The van der Waals surface area contributed by atoms with Gasteiger partial charge in [-0.15, -0.1) is 0 Å².